The number of methoxy groups -OCH3 is 3. The van der Waals surface area contributed by atoms with Crippen molar-refractivity contribution >= 4 is 114 Å². The summed E-state index contributed by atoms with van der Waals surface area (Å²) in [7, 11) is 4.16. The molecule has 9 rings (SSSR count). The molecule has 4 aromatic rings. The van der Waals surface area contributed by atoms with Crippen molar-refractivity contribution < 1.29 is 62.3 Å². The third-order valence-corrected chi connectivity index (χ3v) is 23.3. The summed E-state index contributed by atoms with van der Waals surface area (Å²) in [5.74, 6) is 24.7. The van der Waals surface area contributed by atoms with E-state index in [0.717, 1.165) is 153 Å². The molecular weight excluding hydrogens is 1510 g/mol. The van der Waals surface area contributed by atoms with Gasteiger partial charge in [-0.15, -0.1) is 45.3 Å². The van der Waals surface area contributed by atoms with Gasteiger partial charge in [-0.3, -0.25) is 24.3 Å². The molecule has 3 saturated heterocycles. The zero-order valence-corrected chi connectivity index (χ0v) is 72.6. The van der Waals surface area contributed by atoms with Crippen molar-refractivity contribution in [1.29, 1.82) is 0 Å². The quantitative estimate of drug-likeness (QED) is 0.0540. The Kier molecular flexibility index (Phi) is 35.7. The molecule has 108 heavy (non-hydrogen) atoms. The van der Waals surface area contributed by atoms with Gasteiger partial charge in [0.25, 0.3) is 0 Å². The molecule has 2 amide bonds. The highest BCUT2D eigenvalue weighted by Gasteiger charge is 2.38. The molecule has 24 heteroatoms. The van der Waals surface area contributed by atoms with E-state index >= 15 is 0 Å². The summed E-state index contributed by atoms with van der Waals surface area (Å²) < 4.78 is 31.8. The summed E-state index contributed by atoms with van der Waals surface area (Å²) in [6.07, 6.45) is 7.74. The maximum atomic E-state index is 14.0. The fraction of sp³-hybridized carbons (Fsp3) is 0.643. The predicted octanol–water partition coefficient (Wildman–Crippen LogP) is 16.3. The molecule has 7 heterocycles. The summed E-state index contributed by atoms with van der Waals surface area (Å²) in [6.45, 7) is 47.2. The molecule has 2 aliphatic carbocycles. The lowest BCUT2D eigenvalue weighted by Gasteiger charge is -2.37. The number of aromatic carboxylic acids is 1. The van der Waals surface area contributed by atoms with Crippen molar-refractivity contribution in [2.45, 2.75) is 187 Å². The number of morpholine rings is 3. The van der Waals surface area contributed by atoms with Gasteiger partial charge in [0.15, 0.2) is 0 Å². The van der Waals surface area contributed by atoms with E-state index in [1.807, 2.05) is 77.6 Å². The van der Waals surface area contributed by atoms with Crippen LogP contribution in [-0.2, 0) is 38.0 Å². The summed E-state index contributed by atoms with van der Waals surface area (Å²) >= 11 is 8.51. The molecule has 0 radical (unpaired) electrons. The second kappa shape index (κ2) is 42.5. The van der Waals surface area contributed by atoms with Crippen LogP contribution < -0.4 is 15.1 Å². The van der Waals surface area contributed by atoms with Gasteiger partial charge in [-0.1, -0.05) is 61.2 Å². The highest BCUT2D eigenvalue weighted by Crippen LogP contribution is 2.40. The normalized spacial score (nSPS) is 19.5. The fourth-order valence-electron chi connectivity index (χ4n) is 12.6. The summed E-state index contributed by atoms with van der Waals surface area (Å²) in [5.41, 5.74) is 1.47. The van der Waals surface area contributed by atoms with Crippen LogP contribution >= 0.6 is 61.3 Å². The van der Waals surface area contributed by atoms with E-state index in [2.05, 4.69) is 157 Å². The SMILES string of the molecule is CC1CCC(C(=O)N(c2cc(C#CC(C)(C)C)sc2C(=O)O)C(C)CN2CCOCC2)CC1.COC(=O)c1sc(C#CC(C)(C)C)cc1Br.COC(=O)c1sc(C#CC(C)(C)C)cc1N(C(=O)C1CCC(C)CC1)C(C)CN1CCOCC1.COC(=O)c1sc(C#CC(C)(C)C)cc1NC(C)CN1CCOCC1. The van der Waals surface area contributed by atoms with E-state index in [1.165, 1.54) is 55.3 Å². The lowest BCUT2D eigenvalue weighted by molar-refractivity contribution is -0.124. The number of carboxylic acids is 1. The monoisotopic (exact) mass is 1630 g/mol. The smallest absolute Gasteiger partial charge is 0.350 e. The van der Waals surface area contributed by atoms with Gasteiger partial charge in [-0.05, 0) is 207 Å². The van der Waals surface area contributed by atoms with Gasteiger partial charge in [0, 0.05) is 115 Å². The second-order valence-corrected chi connectivity index (χ2v) is 37.9. The number of hydrogen-bond acceptors (Lipinski definition) is 20. The minimum Gasteiger partial charge on any atom is -0.477 e. The third-order valence-electron chi connectivity index (χ3n) is 18.3. The standard InChI is InChI=1S/C27H40N2O4S.C26H38N2O4S.C19H28N2O3S.C12H13BrO2S/c1-19-7-9-21(10-8-19)25(30)29(20(2)18-28-13-15-33-16-14-28)23-17-22(11-12-27(3,4)5)34-24(23)26(31)32-6;1-18-6-8-20(9-7-18)24(29)28(19(2)17-27-12-14-32-15-13-27)22-16-21(10-11-26(3,4)5)33-23(22)25(30)31;1-14(13-21-8-10-24-11-9-21)20-16-12-15(6-7-19(2,3)4)25-17(16)18(22)23-5;1-12(2,3)6-5-8-7-9(13)10(16-8)11(14)15-4/h17,19-21H,7-10,13-16,18H2,1-6H3;16,18-20H,6-9,12-15,17H2,1-5H3,(H,30,31);12,14,20H,8-11,13H2,1-5H3;7H,1-4H3. The molecule has 4 aromatic heterocycles. The van der Waals surface area contributed by atoms with Gasteiger partial charge < -0.3 is 48.6 Å². The average molecular weight is 1630 g/mol. The number of thiophene rings is 4. The number of esters is 3. The maximum absolute atomic E-state index is 14.0. The van der Waals surface area contributed by atoms with E-state index in [4.69, 9.17) is 23.7 Å². The molecule has 3 aliphatic heterocycles. The number of halogens is 1. The Hall–Kier alpha value is -6.10. The lowest BCUT2D eigenvalue weighted by Crippen LogP contribution is -2.50. The van der Waals surface area contributed by atoms with Crippen LogP contribution in [0.3, 0.4) is 0 Å². The van der Waals surface area contributed by atoms with Gasteiger partial charge in [0.2, 0.25) is 11.8 Å². The Morgan fingerprint density at radius 2 is 0.787 bits per heavy atom. The van der Waals surface area contributed by atoms with E-state index in [-0.39, 0.29) is 80.3 Å². The van der Waals surface area contributed by atoms with Gasteiger partial charge in [-0.25, -0.2) is 19.2 Å². The molecular formula is C84H119BrN6O13S4. The first-order chi connectivity index (χ1) is 50.7. The number of amides is 2. The van der Waals surface area contributed by atoms with Crippen molar-refractivity contribution in [1.82, 2.24) is 14.7 Å². The van der Waals surface area contributed by atoms with Crippen LogP contribution in [0.15, 0.2) is 28.7 Å². The Balaban J connectivity index is 0.000000233. The molecule has 3 unspecified atom stereocenters. The van der Waals surface area contributed by atoms with Crippen molar-refractivity contribution in [2.75, 3.05) is 135 Å². The average Bonchev–Trinajstić information content (AvgIpc) is 1.60. The fourth-order valence-corrected chi connectivity index (χ4v) is 16.9. The Morgan fingerprint density at radius 3 is 1.15 bits per heavy atom. The van der Waals surface area contributed by atoms with Gasteiger partial charge in [0.05, 0.1) is 97.5 Å². The third kappa shape index (κ3) is 30.2. The number of carbonyl (C=O) groups excluding carboxylic acids is 5. The van der Waals surface area contributed by atoms with Crippen LogP contribution in [0.25, 0.3) is 0 Å². The molecule has 5 aliphatic rings. The van der Waals surface area contributed by atoms with Crippen LogP contribution in [0.1, 0.15) is 227 Å². The van der Waals surface area contributed by atoms with Gasteiger partial charge in [-0.2, -0.15) is 0 Å². The summed E-state index contributed by atoms with van der Waals surface area (Å²) in [6, 6.07) is 7.49. The summed E-state index contributed by atoms with van der Waals surface area (Å²) in [4.78, 5) is 91.9. The first-order valence-corrected chi connectivity index (χ1v) is 42.0. The molecule has 2 N–H and O–H groups in total. The lowest BCUT2D eigenvalue weighted by atomic mass is 9.82. The number of carbonyl (C=O) groups is 6. The minimum atomic E-state index is -1.01. The zero-order valence-electron chi connectivity index (χ0n) is 67.7. The van der Waals surface area contributed by atoms with E-state index < -0.39 is 11.9 Å². The van der Waals surface area contributed by atoms with E-state index in [9.17, 15) is 33.9 Å². The van der Waals surface area contributed by atoms with Crippen LogP contribution in [0, 0.1) is 92.7 Å². The number of rotatable bonds is 18. The molecule has 2 saturated carbocycles. The predicted molar refractivity (Wildman–Crippen MR) is 442 cm³/mol. The first-order valence-electron chi connectivity index (χ1n) is 37.9. The second-order valence-electron chi connectivity index (χ2n) is 32.9. The number of hydrogen-bond donors (Lipinski definition) is 2. The van der Waals surface area contributed by atoms with Crippen molar-refractivity contribution in [3.63, 3.8) is 0 Å². The summed E-state index contributed by atoms with van der Waals surface area (Å²) in [5, 5.41) is 13.4. The van der Waals surface area contributed by atoms with Crippen molar-refractivity contribution in [3.8, 4) is 47.4 Å². The van der Waals surface area contributed by atoms with Gasteiger partial charge >= 0.3 is 23.9 Å². The largest absolute Gasteiger partial charge is 0.477 e. The molecule has 0 aromatic carbocycles. The molecule has 0 spiro atoms. The van der Waals surface area contributed by atoms with Crippen molar-refractivity contribution in [3.05, 3.63) is 67.8 Å². The minimum absolute atomic E-state index is 0.0159. The number of nitrogens with zero attached hydrogens (tertiary/aromatic N) is 5. The highest BCUT2D eigenvalue weighted by molar-refractivity contribution is 9.10. The molecule has 0 bridgehead atoms. The van der Waals surface area contributed by atoms with Crippen LogP contribution in [0.4, 0.5) is 17.1 Å². The molecule has 3 atom stereocenters. The van der Waals surface area contributed by atoms with Crippen molar-refractivity contribution in [2.24, 2.45) is 45.3 Å². The van der Waals surface area contributed by atoms with Gasteiger partial charge in [0.1, 0.15) is 19.5 Å². The number of anilines is 3. The Bertz CT molecular complexity index is 3900. The Labute approximate surface area is 669 Å². The number of ether oxygens (including phenoxy) is 6. The molecule has 19 nitrogen and oxygen atoms in total. The number of carboxylic acid groups (broad SMARTS) is 1. The molecule has 5 fully saturated rings. The van der Waals surface area contributed by atoms with E-state index in [0.29, 0.717) is 75.7 Å². The number of nitrogens with one attached hydrogen (secondary N) is 1. The zero-order chi connectivity index (χ0) is 79.8. The highest BCUT2D eigenvalue weighted by atomic mass is 79.9. The van der Waals surface area contributed by atoms with Crippen LogP contribution in [0.2, 0.25) is 0 Å². The van der Waals surface area contributed by atoms with E-state index in [1.54, 1.807) is 4.90 Å². The first kappa shape index (κ1) is 90.8. The Morgan fingerprint density at radius 1 is 0.481 bits per heavy atom. The molecule has 594 valence electrons. The maximum Gasteiger partial charge on any atom is 0.350 e. The van der Waals surface area contributed by atoms with Crippen LogP contribution in [-0.4, -0.2) is 193 Å². The topological polar surface area (TPSA) is 206 Å². The van der Waals surface area contributed by atoms with Crippen LogP contribution in [0.5, 0.6) is 0 Å².